The molecule has 6 nitrogen and oxygen atoms in total. The number of unbranched alkanes of at least 4 members (excludes halogenated alkanes) is 1. The molecule has 1 amide bonds. The molecule has 4 aromatic rings. The first-order valence-corrected chi connectivity index (χ1v) is 11.5. The first-order valence-electron chi connectivity index (χ1n) is 11.5. The molecule has 0 saturated heterocycles. The van der Waals surface area contributed by atoms with E-state index in [1.165, 1.54) is 6.21 Å². The topological polar surface area (TPSA) is 77.0 Å². The van der Waals surface area contributed by atoms with Crippen LogP contribution >= 0.6 is 0 Å². The van der Waals surface area contributed by atoms with Crippen LogP contribution in [0.2, 0.25) is 0 Å². The minimum Gasteiger partial charge on any atom is -0.494 e. The lowest BCUT2D eigenvalue weighted by Crippen LogP contribution is -2.17. The van der Waals surface area contributed by atoms with Gasteiger partial charge in [-0.15, -0.1) is 0 Å². The molecule has 0 aliphatic carbocycles. The zero-order valence-corrected chi connectivity index (χ0v) is 19.4. The van der Waals surface area contributed by atoms with Gasteiger partial charge in [0.25, 0.3) is 5.91 Å². The lowest BCUT2D eigenvalue weighted by Gasteiger charge is -2.07. The molecule has 0 fully saturated rings. The number of nitrogens with zero attached hydrogens (tertiary/aromatic N) is 1. The minimum atomic E-state index is -0.419. The van der Waals surface area contributed by atoms with E-state index in [0.717, 1.165) is 34.9 Å². The van der Waals surface area contributed by atoms with Crippen LogP contribution in [0, 0.1) is 0 Å². The van der Waals surface area contributed by atoms with Crippen molar-refractivity contribution in [2.24, 2.45) is 5.10 Å². The number of hydrogen-bond acceptors (Lipinski definition) is 5. The first-order chi connectivity index (χ1) is 17.1. The van der Waals surface area contributed by atoms with Crippen molar-refractivity contribution in [2.45, 2.75) is 19.8 Å². The minimum absolute atomic E-state index is 0.318. The highest BCUT2D eigenvalue weighted by molar-refractivity contribution is 6.05. The highest BCUT2D eigenvalue weighted by atomic mass is 16.5. The fraction of sp³-hybridized carbons (Fsp3) is 0.138. The Balaban J connectivity index is 1.31. The van der Waals surface area contributed by atoms with E-state index in [-0.39, 0.29) is 5.91 Å². The van der Waals surface area contributed by atoms with Crippen molar-refractivity contribution in [1.82, 2.24) is 5.43 Å². The summed E-state index contributed by atoms with van der Waals surface area (Å²) in [6.45, 7) is 2.77. The van der Waals surface area contributed by atoms with E-state index in [0.29, 0.717) is 23.5 Å². The van der Waals surface area contributed by atoms with Gasteiger partial charge in [0.2, 0.25) is 0 Å². The van der Waals surface area contributed by atoms with Crippen LogP contribution in [0.25, 0.3) is 10.8 Å². The van der Waals surface area contributed by atoms with Crippen LogP contribution in [-0.2, 0) is 0 Å². The van der Waals surface area contributed by atoms with Gasteiger partial charge in [0.1, 0.15) is 11.5 Å². The molecule has 0 aliphatic rings. The molecule has 0 unspecified atom stereocenters. The lowest BCUT2D eigenvalue weighted by atomic mass is 10.0. The molecule has 0 saturated carbocycles. The molecule has 0 radical (unpaired) electrons. The molecule has 176 valence electrons. The summed E-state index contributed by atoms with van der Waals surface area (Å²) in [5.74, 6) is 0.421. The van der Waals surface area contributed by atoms with Gasteiger partial charge in [0.05, 0.1) is 18.4 Å². The van der Waals surface area contributed by atoms with Crippen molar-refractivity contribution in [3.8, 4) is 11.5 Å². The average molecular weight is 467 g/mol. The Labute approximate surface area is 204 Å². The third-order valence-corrected chi connectivity index (χ3v) is 5.36. The number of amides is 1. The van der Waals surface area contributed by atoms with Crippen LogP contribution in [0.1, 0.15) is 46.0 Å². The Morgan fingerprint density at radius 1 is 0.857 bits per heavy atom. The van der Waals surface area contributed by atoms with E-state index in [1.54, 1.807) is 54.6 Å². The quantitative estimate of drug-likeness (QED) is 0.108. The van der Waals surface area contributed by atoms with E-state index in [4.69, 9.17) is 9.47 Å². The van der Waals surface area contributed by atoms with E-state index in [9.17, 15) is 9.59 Å². The predicted octanol–water partition coefficient (Wildman–Crippen LogP) is 6.00. The van der Waals surface area contributed by atoms with Gasteiger partial charge in [-0.05, 0) is 77.4 Å². The third kappa shape index (κ3) is 6.32. The molecule has 0 aliphatic heterocycles. The van der Waals surface area contributed by atoms with Gasteiger partial charge < -0.3 is 9.47 Å². The number of carbonyl (C=O) groups is 2. The van der Waals surface area contributed by atoms with Crippen molar-refractivity contribution in [1.29, 1.82) is 0 Å². The maximum atomic E-state index is 12.7. The number of hydrazone groups is 1. The van der Waals surface area contributed by atoms with E-state index in [2.05, 4.69) is 17.5 Å². The molecule has 0 atom stereocenters. The Bertz CT molecular complexity index is 1320. The van der Waals surface area contributed by atoms with Crippen LogP contribution in [-0.4, -0.2) is 24.7 Å². The Morgan fingerprint density at radius 3 is 2.34 bits per heavy atom. The SMILES string of the molecule is CCCCOc1ccc(C(=O)N/N=C/c2ccc(OC(=O)c3cccc4ccccc34)cc2)cc1. The summed E-state index contributed by atoms with van der Waals surface area (Å²) in [5.41, 5.74) is 4.25. The van der Waals surface area contributed by atoms with Crippen LogP contribution in [0.4, 0.5) is 0 Å². The van der Waals surface area contributed by atoms with Crippen LogP contribution in [0.15, 0.2) is 96.1 Å². The summed E-state index contributed by atoms with van der Waals surface area (Å²) >= 11 is 0. The van der Waals surface area contributed by atoms with Crippen molar-refractivity contribution in [3.63, 3.8) is 0 Å². The fourth-order valence-electron chi connectivity index (χ4n) is 3.45. The van der Waals surface area contributed by atoms with Crippen LogP contribution in [0.5, 0.6) is 11.5 Å². The number of nitrogens with one attached hydrogen (secondary N) is 1. The second-order valence-corrected chi connectivity index (χ2v) is 7.91. The van der Waals surface area contributed by atoms with Crippen molar-refractivity contribution in [2.75, 3.05) is 6.61 Å². The molecule has 6 heteroatoms. The molecule has 4 rings (SSSR count). The van der Waals surface area contributed by atoms with Gasteiger partial charge in [-0.2, -0.15) is 5.10 Å². The number of fused-ring (bicyclic) bond motifs is 1. The number of benzene rings is 4. The van der Waals surface area contributed by atoms with Gasteiger partial charge in [-0.3, -0.25) is 4.79 Å². The monoisotopic (exact) mass is 466 g/mol. The van der Waals surface area contributed by atoms with Crippen molar-refractivity contribution >= 4 is 28.9 Å². The van der Waals surface area contributed by atoms with Gasteiger partial charge in [0.15, 0.2) is 0 Å². The lowest BCUT2D eigenvalue weighted by molar-refractivity contribution is 0.0736. The maximum absolute atomic E-state index is 12.7. The van der Waals surface area contributed by atoms with Crippen molar-refractivity contribution < 1.29 is 19.1 Å². The highest BCUT2D eigenvalue weighted by Crippen LogP contribution is 2.21. The van der Waals surface area contributed by atoms with Crippen LogP contribution < -0.4 is 14.9 Å². The molecule has 0 aromatic heterocycles. The van der Waals surface area contributed by atoms with E-state index in [1.807, 2.05) is 36.4 Å². The van der Waals surface area contributed by atoms with Crippen LogP contribution in [0.3, 0.4) is 0 Å². The van der Waals surface area contributed by atoms with Gasteiger partial charge in [-0.1, -0.05) is 49.7 Å². The number of carbonyl (C=O) groups excluding carboxylic acids is 2. The molecular weight excluding hydrogens is 440 g/mol. The van der Waals surface area contributed by atoms with E-state index < -0.39 is 5.97 Å². The maximum Gasteiger partial charge on any atom is 0.344 e. The smallest absolute Gasteiger partial charge is 0.344 e. The predicted molar refractivity (Wildman–Crippen MR) is 137 cm³/mol. The number of ether oxygens (including phenoxy) is 2. The van der Waals surface area contributed by atoms with E-state index >= 15 is 0 Å². The Hall–Kier alpha value is -4.45. The first kappa shape index (κ1) is 23.7. The molecule has 35 heavy (non-hydrogen) atoms. The second kappa shape index (κ2) is 11.6. The number of rotatable bonds is 9. The second-order valence-electron chi connectivity index (χ2n) is 7.91. The van der Waals surface area contributed by atoms with Crippen molar-refractivity contribution in [3.05, 3.63) is 108 Å². The summed E-state index contributed by atoms with van der Waals surface area (Å²) in [6, 6.07) is 27.0. The molecule has 0 bridgehead atoms. The summed E-state index contributed by atoms with van der Waals surface area (Å²) < 4.78 is 11.1. The molecular formula is C29H26N2O4. The number of hydrogen-bond donors (Lipinski definition) is 1. The molecule has 1 N–H and O–H groups in total. The molecule has 4 aromatic carbocycles. The average Bonchev–Trinajstić information content (AvgIpc) is 2.90. The molecule has 0 heterocycles. The summed E-state index contributed by atoms with van der Waals surface area (Å²) in [7, 11) is 0. The summed E-state index contributed by atoms with van der Waals surface area (Å²) in [5, 5.41) is 5.83. The number of esters is 1. The third-order valence-electron chi connectivity index (χ3n) is 5.36. The normalized spacial score (nSPS) is 10.9. The summed E-state index contributed by atoms with van der Waals surface area (Å²) in [4.78, 5) is 25.0. The van der Waals surface area contributed by atoms with Gasteiger partial charge in [-0.25, -0.2) is 10.2 Å². The Morgan fingerprint density at radius 2 is 1.57 bits per heavy atom. The largest absolute Gasteiger partial charge is 0.494 e. The summed E-state index contributed by atoms with van der Waals surface area (Å²) in [6.07, 6.45) is 3.58. The fourth-order valence-corrected chi connectivity index (χ4v) is 3.45. The standard InChI is InChI=1S/C29H26N2O4/c1-2-3-19-34-24-17-13-23(14-18-24)28(32)31-30-20-21-11-15-25(16-12-21)35-29(33)27-10-6-8-22-7-4-5-9-26(22)27/h4-18,20H,2-3,19H2,1H3,(H,31,32)/b30-20+. The van der Waals surface area contributed by atoms with Gasteiger partial charge in [0, 0.05) is 5.56 Å². The zero-order valence-electron chi connectivity index (χ0n) is 19.4. The highest BCUT2D eigenvalue weighted by Gasteiger charge is 2.12. The molecule has 0 spiro atoms. The zero-order chi connectivity index (χ0) is 24.5. The van der Waals surface area contributed by atoms with Gasteiger partial charge >= 0.3 is 5.97 Å². The Kier molecular flexibility index (Phi) is 7.86.